The standard InChI is InChI=1S/C112H76N4/c1-5-27-77(28-6-1)80-55-64-92(65-56-80)113(93-66-57-81(58-67-93)78-29-7-2-8-30-78)105-49-17-13-42-99(105)87-34-22-36-89(75-87)102-48-26-54-110-112(102)104-45-16-20-52-108(104)116(110)96-41-23-37-90(76-96)97-46-24-38-85-73-84(63-72-98(85)97)83-61-70-95(71-62-83)114(94-68-59-82(60-69-94)79-31-9-3-10-32-79)106-50-18-14-43-100(106)86-33-21-35-88(74-86)101-47-25-53-109-111(101)103-44-15-19-51-107(103)115(109)91-39-11-4-12-40-91/h1-76H. The number of nitrogens with zero attached hydrogens (tertiary/aromatic N) is 4. The maximum atomic E-state index is 2.46. The van der Waals surface area contributed by atoms with Crippen LogP contribution in [-0.4, -0.2) is 9.13 Å². The first-order valence-corrected chi connectivity index (χ1v) is 39.9. The number of aromatic nitrogens is 2. The second kappa shape index (κ2) is 29.7. The Bertz CT molecular complexity index is 7130. The van der Waals surface area contributed by atoms with E-state index in [4.69, 9.17) is 0 Å². The lowest BCUT2D eigenvalue weighted by Crippen LogP contribution is -2.11. The SMILES string of the molecule is c1ccc(-c2ccc(N(c3ccc(-c4ccc5c(-c6cccc(-n7c8ccccc8c8c(-c9cccc(-c%10ccccc%10N(c%10ccc(-c%11ccccc%11)cc%10)c%10ccc(-c%11ccccc%11)cc%10)c9)cccc87)c6)cccc5c4)cc3)c3ccccc3-c3cccc(-c4cccc5c4c4ccccc4n5-c4ccccc4)c3)cc2)cc1. The molecule has 116 heavy (non-hydrogen) atoms. The molecular weight excluding hydrogens is 1400 g/mol. The molecule has 2 aromatic heterocycles. The summed E-state index contributed by atoms with van der Waals surface area (Å²) in [6.07, 6.45) is 0. The minimum atomic E-state index is 1.06. The van der Waals surface area contributed by atoms with E-state index < -0.39 is 0 Å². The Morgan fingerprint density at radius 3 is 0.905 bits per heavy atom. The molecule has 4 heteroatoms. The van der Waals surface area contributed by atoms with Gasteiger partial charge in [0, 0.05) is 66.8 Å². The monoisotopic (exact) mass is 1480 g/mol. The van der Waals surface area contributed by atoms with Gasteiger partial charge in [0.05, 0.1) is 33.4 Å². The first-order valence-electron chi connectivity index (χ1n) is 39.9. The van der Waals surface area contributed by atoms with Gasteiger partial charge in [0.25, 0.3) is 0 Å². The van der Waals surface area contributed by atoms with E-state index in [1.807, 2.05) is 0 Å². The van der Waals surface area contributed by atoms with E-state index in [0.29, 0.717) is 0 Å². The lowest BCUT2D eigenvalue weighted by Gasteiger charge is -2.28. The topological polar surface area (TPSA) is 16.3 Å². The van der Waals surface area contributed by atoms with E-state index in [1.54, 1.807) is 0 Å². The summed E-state index contributed by atoms with van der Waals surface area (Å²) in [5.74, 6) is 0. The van der Waals surface area contributed by atoms with Gasteiger partial charge in [0.1, 0.15) is 0 Å². The Morgan fingerprint density at radius 2 is 0.448 bits per heavy atom. The fourth-order valence-electron chi connectivity index (χ4n) is 17.7. The van der Waals surface area contributed by atoms with Gasteiger partial charge >= 0.3 is 0 Å². The first-order chi connectivity index (χ1) is 57.5. The second-order valence-electron chi connectivity index (χ2n) is 29.9. The van der Waals surface area contributed by atoms with Crippen molar-refractivity contribution in [2.75, 3.05) is 9.80 Å². The third kappa shape index (κ3) is 12.6. The predicted molar refractivity (Wildman–Crippen MR) is 491 cm³/mol. The van der Waals surface area contributed by atoms with E-state index in [-0.39, 0.29) is 0 Å². The van der Waals surface area contributed by atoms with Crippen LogP contribution in [0.25, 0.3) is 166 Å². The smallest absolute Gasteiger partial charge is 0.0547 e. The highest BCUT2D eigenvalue weighted by Crippen LogP contribution is 2.48. The van der Waals surface area contributed by atoms with Crippen molar-refractivity contribution < 1.29 is 0 Å². The maximum Gasteiger partial charge on any atom is 0.0547 e. The van der Waals surface area contributed by atoms with Crippen LogP contribution in [0.3, 0.4) is 0 Å². The average molecular weight is 1480 g/mol. The molecule has 0 bridgehead atoms. The highest BCUT2D eigenvalue weighted by Gasteiger charge is 2.24. The van der Waals surface area contributed by atoms with Gasteiger partial charge < -0.3 is 18.9 Å². The van der Waals surface area contributed by atoms with Crippen LogP contribution in [0.15, 0.2) is 461 Å². The van der Waals surface area contributed by atoms with Crippen molar-refractivity contribution in [3.8, 4) is 112 Å². The van der Waals surface area contributed by atoms with Gasteiger partial charge in [-0.3, -0.25) is 0 Å². The highest BCUT2D eigenvalue weighted by atomic mass is 15.2. The molecule has 0 N–H and O–H groups in total. The summed E-state index contributed by atoms with van der Waals surface area (Å²) in [5, 5.41) is 7.27. The van der Waals surface area contributed by atoms with Crippen molar-refractivity contribution in [3.63, 3.8) is 0 Å². The van der Waals surface area contributed by atoms with E-state index in [1.165, 1.54) is 93.4 Å². The summed E-state index contributed by atoms with van der Waals surface area (Å²) in [4.78, 5) is 4.82. The summed E-state index contributed by atoms with van der Waals surface area (Å²) in [6.45, 7) is 0. The molecule has 0 spiro atoms. The van der Waals surface area contributed by atoms with E-state index >= 15 is 0 Å². The van der Waals surface area contributed by atoms with Crippen molar-refractivity contribution in [1.29, 1.82) is 0 Å². The van der Waals surface area contributed by atoms with E-state index in [0.717, 1.165) is 107 Å². The van der Waals surface area contributed by atoms with Crippen molar-refractivity contribution in [2.24, 2.45) is 0 Å². The molecule has 0 saturated carbocycles. The van der Waals surface area contributed by atoms with Crippen molar-refractivity contribution in [1.82, 2.24) is 9.13 Å². The van der Waals surface area contributed by atoms with Gasteiger partial charge in [-0.25, -0.2) is 0 Å². The summed E-state index contributed by atoms with van der Waals surface area (Å²) < 4.78 is 4.86. The Kier molecular flexibility index (Phi) is 17.6. The Hall–Kier alpha value is -15.4. The maximum absolute atomic E-state index is 2.46. The number of benzene rings is 19. The van der Waals surface area contributed by atoms with Crippen molar-refractivity contribution in [3.05, 3.63) is 461 Å². The predicted octanol–water partition coefficient (Wildman–Crippen LogP) is 31.0. The zero-order chi connectivity index (χ0) is 76.8. The molecule has 0 amide bonds. The van der Waals surface area contributed by atoms with Gasteiger partial charge in [-0.2, -0.15) is 0 Å². The molecule has 544 valence electrons. The molecule has 2 heterocycles. The Balaban J connectivity index is 0.603. The average Bonchev–Trinajstić information content (AvgIpc) is 1.55. The lowest BCUT2D eigenvalue weighted by molar-refractivity contribution is 1.18. The van der Waals surface area contributed by atoms with Gasteiger partial charge in [-0.15, -0.1) is 0 Å². The van der Waals surface area contributed by atoms with Crippen LogP contribution in [-0.2, 0) is 0 Å². The highest BCUT2D eigenvalue weighted by molar-refractivity contribution is 6.17. The van der Waals surface area contributed by atoms with Crippen LogP contribution in [0.2, 0.25) is 0 Å². The molecule has 0 unspecified atom stereocenters. The third-order valence-electron chi connectivity index (χ3n) is 23.1. The second-order valence-corrected chi connectivity index (χ2v) is 29.9. The Labute approximate surface area is 675 Å². The van der Waals surface area contributed by atoms with Gasteiger partial charge in [0.2, 0.25) is 0 Å². The lowest BCUT2D eigenvalue weighted by atomic mass is 9.94. The van der Waals surface area contributed by atoms with Crippen LogP contribution >= 0.6 is 0 Å². The summed E-state index contributed by atoms with van der Waals surface area (Å²) >= 11 is 0. The van der Waals surface area contributed by atoms with Crippen LogP contribution < -0.4 is 9.80 Å². The molecule has 0 atom stereocenters. The minimum Gasteiger partial charge on any atom is -0.310 e. The molecule has 21 aromatic rings. The quantitative estimate of drug-likeness (QED) is 0.0903. The zero-order valence-corrected chi connectivity index (χ0v) is 63.7. The first kappa shape index (κ1) is 68.7. The fraction of sp³-hybridized carbons (Fsp3) is 0. The molecule has 19 aromatic carbocycles. The molecule has 21 rings (SSSR count). The largest absolute Gasteiger partial charge is 0.310 e. The van der Waals surface area contributed by atoms with E-state index in [2.05, 4.69) is 480 Å². The van der Waals surface area contributed by atoms with Gasteiger partial charge in [-0.05, 0) is 227 Å². The van der Waals surface area contributed by atoms with E-state index in [9.17, 15) is 0 Å². The summed E-state index contributed by atoms with van der Waals surface area (Å²) in [7, 11) is 0. The zero-order valence-electron chi connectivity index (χ0n) is 63.7. The number of anilines is 6. The van der Waals surface area contributed by atoms with Gasteiger partial charge in [0.15, 0.2) is 0 Å². The van der Waals surface area contributed by atoms with Crippen LogP contribution in [0.1, 0.15) is 0 Å². The molecule has 0 radical (unpaired) electrons. The van der Waals surface area contributed by atoms with Crippen molar-refractivity contribution in [2.45, 2.75) is 0 Å². The molecular formula is C112H76N4. The van der Waals surface area contributed by atoms with Gasteiger partial charge in [-0.1, -0.05) is 334 Å². The Morgan fingerprint density at radius 1 is 0.155 bits per heavy atom. The minimum absolute atomic E-state index is 1.06. The van der Waals surface area contributed by atoms with Crippen LogP contribution in [0.4, 0.5) is 34.1 Å². The van der Waals surface area contributed by atoms with Crippen molar-refractivity contribution >= 4 is 88.5 Å². The molecule has 0 fully saturated rings. The summed E-state index contributed by atoms with van der Waals surface area (Å²) in [5.41, 5.74) is 34.3. The molecule has 4 nitrogen and oxygen atoms in total. The molecule has 0 aliphatic carbocycles. The number of hydrogen-bond acceptors (Lipinski definition) is 2. The number of fused-ring (bicyclic) bond motifs is 7. The van der Waals surface area contributed by atoms with Crippen LogP contribution in [0.5, 0.6) is 0 Å². The normalized spacial score (nSPS) is 11.4. The summed E-state index contributed by atoms with van der Waals surface area (Å²) in [6, 6.07) is 169. The molecule has 0 aliphatic rings. The number of para-hydroxylation sites is 5. The number of hydrogen-bond donors (Lipinski definition) is 0. The molecule has 0 aliphatic heterocycles. The number of rotatable bonds is 17. The van der Waals surface area contributed by atoms with Crippen LogP contribution in [0, 0.1) is 0 Å². The molecule has 0 saturated heterocycles. The fourth-order valence-corrected chi connectivity index (χ4v) is 17.7. The third-order valence-corrected chi connectivity index (χ3v) is 23.1.